The summed E-state index contributed by atoms with van der Waals surface area (Å²) in [6.45, 7) is 0. The minimum Gasteiger partial charge on any atom is -0.387 e. The Labute approximate surface area is 93.5 Å². The summed E-state index contributed by atoms with van der Waals surface area (Å²) in [5.41, 5.74) is 4.37. The van der Waals surface area contributed by atoms with E-state index in [0.29, 0.717) is 0 Å². The van der Waals surface area contributed by atoms with Gasteiger partial charge in [-0.3, -0.25) is 4.98 Å². The second-order valence-electron chi connectivity index (χ2n) is 4.18. The van der Waals surface area contributed by atoms with Crippen molar-refractivity contribution in [2.45, 2.75) is 19.3 Å². The topological polar surface area (TPSA) is 24.9 Å². The van der Waals surface area contributed by atoms with Crippen LogP contribution in [0.1, 0.15) is 17.7 Å². The summed E-state index contributed by atoms with van der Waals surface area (Å²) < 4.78 is 13.2. The summed E-state index contributed by atoms with van der Waals surface area (Å²) in [6, 6.07) is 4.78. The first-order valence-electron chi connectivity index (χ1n) is 5.58. The van der Waals surface area contributed by atoms with Gasteiger partial charge in [-0.05, 0) is 43.0 Å². The average Bonchev–Trinajstić information content (AvgIpc) is 2.73. The van der Waals surface area contributed by atoms with Crippen LogP contribution in [-0.4, -0.2) is 12.0 Å². The molecule has 3 heteroatoms. The van der Waals surface area contributed by atoms with E-state index in [-0.39, 0.29) is 5.82 Å². The number of anilines is 1. The molecule has 0 spiro atoms. The highest BCUT2D eigenvalue weighted by atomic mass is 19.1. The fraction of sp³-hybridized carbons (Fsp3) is 0.308. The van der Waals surface area contributed by atoms with Crippen molar-refractivity contribution in [3.63, 3.8) is 0 Å². The summed E-state index contributed by atoms with van der Waals surface area (Å²) in [5.74, 6) is -0.205. The molecule has 0 unspecified atom stereocenters. The Bertz CT molecular complexity index is 563. The second-order valence-corrected chi connectivity index (χ2v) is 4.18. The molecule has 0 aliphatic heterocycles. The highest BCUT2D eigenvalue weighted by Gasteiger charge is 2.18. The van der Waals surface area contributed by atoms with Crippen molar-refractivity contribution in [2.75, 3.05) is 12.4 Å². The van der Waals surface area contributed by atoms with Crippen molar-refractivity contribution in [3.8, 4) is 0 Å². The van der Waals surface area contributed by atoms with Gasteiger partial charge in [0.15, 0.2) is 0 Å². The van der Waals surface area contributed by atoms with Crippen LogP contribution in [0.25, 0.3) is 10.9 Å². The van der Waals surface area contributed by atoms with Crippen molar-refractivity contribution < 1.29 is 4.39 Å². The van der Waals surface area contributed by atoms with Crippen LogP contribution >= 0.6 is 0 Å². The number of pyridine rings is 1. The number of hydrogen-bond acceptors (Lipinski definition) is 2. The van der Waals surface area contributed by atoms with Crippen LogP contribution in [0, 0.1) is 5.82 Å². The van der Waals surface area contributed by atoms with Crippen LogP contribution in [0.3, 0.4) is 0 Å². The molecule has 16 heavy (non-hydrogen) atoms. The van der Waals surface area contributed by atoms with E-state index in [1.54, 1.807) is 12.1 Å². The lowest BCUT2D eigenvalue weighted by Gasteiger charge is -2.11. The van der Waals surface area contributed by atoms with Gasteiger partial charge in [-0.1, -0.05) is 0 Å². The number of halogens is 1. The molecule has 0 bridgehead atoms. The number of nitrogens with zero attached hydrogens (tertiary/aromatic N) is 1. The molecule has 0 atom stereocenters. The van der Waals surface area contributed by atoms with Crippen LogP contribution in [0.2, 0.25) is 0 Å². The Kier molecular flexibility index (Phi) is 2.06. The minimum absolute atomic E-state index is 0.205. The lowest BCUT2D eigenvalue weighted by molar-refractivity contribution is 0.629. The molecule has 0 radical (unpaired) electrons. The van der Waals surface area contributed by atoms with Gasteiger partial charge in [0.2, 0.25) is 0 Å². The van der Waals surface area contributed by atoms with E-state index in [4.69, 9.17) is 0 Å². The molecule has 0 fully saturated rings. The molecule has 1 aromatic carbocycles. The first-order chi connectivity index (χ1) is 7.79. The Hall–Kier alpha value is -1.64. The molecule has 3 rings (SSSR count). The highest BCUT2D eigenvalue weighted by Crippen LogP contribution is 2.33. The van der Waals surface area contributed by atoms with E-state index >= 15 is 0 Å². The molecule has 1 aromatic heterocycles. The zero-order valence-electron chi connectivity index (χ0n) is 9.18. The van der Waals surface area contributed by atoms with E-state index in [9.17, 15) is 4.39 Å². The lowest BCUT2D eigenvalue weighted by atomic mass is 10.1. The maximum Gasteiger partial charge on any atom is 0.124 e. The van der Waals surface area contributed by atoms with Crippen LogP contribution < -0.4 is 5.32 Å². The van der Waals surface area contributed by atoms with Gasteiger partial charge in [-0.15, -0.1) is 0 Å². The third kappa shape index (κ3) is 1.28. The number of hydrogen-bond donors (Lipinski definition) is 1. The van der Waals surface area contributed by atoms with Gasteiger partial charge in [-0.25, -0.2) is 4.39 Å². The Morgan fingerprint density at radius 2 is 2.19 bits per heavy atom. The largest absolute Gasteiger partial charge is 0.387 e. The summed E-state index contributed by atoms with van der Waals surface area (Å²) >= 11 is 0. The van der Waals surface area contributed by atoms with Gasteiger partial charge in [0.05, 0.1) is 5.52 Å². The maximum absolute atomic E-state index is 13.2. The Balaban J connectivity index is 2.40. The third-order valence-electron chi connectivity index (χ3n) is 3.22. The predicted octanol–water partition coefficient (Wildman–Crippen LogP) is 2.90. The van der Waals surface area contributed by atoms with Crippen molar-refractivity contribution in [1.29, 1.82) is 0 Å². The lowest BCUT2D eigenvalue weighted by Crippen LogP contribution is -1.99. The smallest absolute Gasteiger partial charge is 0.124 e. The Morgan fingerprint density at radius 1 is 1.31 bits per heavy atom. The zero-order chi connectivity index (χ0) is 11.1. The highest BCUT2D eigenvalue weighted by molar-refractivity contribution is 5.93. The first-order valence-corrected chi connectivity index (χ1v) is 5.58. The Morgan fingerprint density at radius 3 is 3.00 bits per heavy atom. The third-order valence-corrected chi connectivity index (χ3v) is 3.22. The summed E-state index contributed by atoms with van der Waals surface area (Å²) in [6.07, 6.45) is 3.23. The summed E-state index contributed by atoms with van der Waals surface area (Å²) in [5, 5.41) is 4.08. The number of fused-ring (bicyclic) bond motifs is 2. The van der Waals surface area contributed by atoms with Gasteiger partial charge in [0.25, 0.3) is 0 Å². The molecule has 0 saturated carbocycles. The zero-order valence-corrected chi connectivity index (χ0v) is 9.18. The molecular weight excluding hydrogens is 203 g/mol. The summed E-state index contributed by atoms with van der Waals surface area (Å²) in [7, 11) is 1.89. The quantitative estimate of drug-likeness (QED) is 0.792. The molecule has 1 aliphatic rings. The van der Waals surface area contributed by atoms with Gasteiger partial charge in [-0.2, -0.15) is 0 Å². The van der Waals surface area contributed by atoms with Crippen molar-refractivity contribution >= 4 is 16.6 Å². The maximum atomic E-state index is 13.2. The van der Waals surface area contributed by atoms with Gasteiger partial charge in [0, 0.05) is 23.8 Å². The molecule has 82 valence electrons. The monoisotopic (exact) mass is 216 g/mol. The number of aromatic nitrogens is 1. The molecular formula is C13H13FN2. The number of aryl methyl sites for hydroxylation is 1. The van der Waals surface area contributed by atoms with Crippen molar-refractivity contribution in [1.82, 2.24) is 4.98 Å². The van der Waals surface area contributed by atoms with Crippen LogP contribution in [0.5, 0.6) is 0 Å². The number of rotatable bonds is 1. The van der Waals surface area contributed by atoms with Crippen LogP contribution in [-0.2, 0) is 12.8 Å². The van der Waals surface area contributed by atoms with E-state index < -0.39 is 0 Å². The SMILES string of the molecule is CNc1c2c(nc3ccc(F)cc13)CCC2. The van der Waals surface area contributed by atoms with E-state index in [2.05, 4.69) is 10.3 Å². The van der Waals surface area contributed by atoms with Crippen LogP contribution in [0.15, 0.2) is 18.2 Å². The normalized spacial score (nSPS) is 14.1. The average molecular weight is 216 g/mol. The predicted molar refractivity (Wildman–Crippen MR) is 63.3 cm³/mol. The van der Waals surface area contributed by atoms with Crippen molar-refractivity contribution in [2.24, 2.45) is 0 Å². The van der Waals surface area contributed by atoms with Gasteiger partial charge >= 0.3 is 0 Å². The fourth-order valence-corrected chi connectivity index (χ4v) is 2.52. The number of nitrogens with one attached hydrogen (secondary N) is 1. The first kappa shape index (κ1) is 9.58. The molecule has 2 aromatic rings. The molecule has 0 amide bonds. The number of benzene rings is 1. The van der Waals surface area contributed by atoms with Crippen molar-refractivity contribution in [3.05, 3.63) is 35.3 Å². The van der Waals surface area contributed by atoms with E-state index in [1.165, 1.54) is 17.3 Å². The minimum atomic E-state index is -0.205. The fourth-order valence-electron chi connectivity index (χ4n) is 2.52. The van der Waals surface area contributed by atoms with Gasteiger partial charge in [0.1, 0.15) is 5.82 Å². The molecule has 0 saturated heterocycles. The molecule has 1 aliphatic carbocycles. The second kappa shape index (κ2) is 3.44. The van der Waals surface area contributed by atoms with E-state index in [0.717, 1.165) is 35.9 Å². The standard InChI is InChI=1S/C13H13FN2/c1-15-13-9-3-2-4-11(9)16-12-6-5-8(14)7-10(12)13/h5-7H,2-4H2,1H3,(H,15,16). The van der Waals surface area contributed by atoms with E-state index in [1.807, 2.05) is 7.05 Å². The molecule has 2 nitrogen and oxygen atoms in total. The van der Waals surface area contributed by atoms with Crippen LogP contribution in [0.4, 0.5) is 10.1 Å². The molecule has 1 N–H and O–H groups in total. The van der Waals surface area contributed by atoms with Gasteiger partial charge < -0.3 is 5.32 Å². The summed E-state index contributed by atoms with van der Waals surface area (Å²) in [4.78, 5) is 4.60. The molecule has 1 heterocycles.